The Balaban J connectivity index is 1.68. The zero-order valence-corrected chi connectivity index (χ0v) is 15.1. The van der Waals surface area contributed by atoms with Gasteiger partial charge < -0.3 is 20.0 Å². The standard InChI is InChI=1S/C19H25N5O2/c1-2-21-19(25)13-7-10-24(12-13)18-14-5-8-20-9-6-15(14)22-17(23-18)16-4-3-11-26-16/h3-4,11,13,20H,2,5-10,12H2,1H3,(H,21,25)/t13-/m1/s1. The Labute approximate surface area is 153 Å². The van der Waals surface area contributed by atoms with E-state index in [0.29, 0.717) is 24.7 Å². The molecule has 0 saturated carbocycles. The van der Waals surface area contributed by atoms with E-state index < -0.39 is 0 Å². The number of rotatable bonds is 4. The largest absolute Gasteiger partial charge is 0.461 e. The molecule has 0 spiro atoms. The van der Waals surface area contributed by atoms with Crippen LogP contribution in [0.25, 0.3) is 11.6 Å². The van der Waals surface area contributed by atoms with Gasteiger partial charge in [-0.05, 0) is 38.4 Å². The summed E-state index contributed by atoms with van der Waals surface area (Å²) in [6.45, 7) is 6.03. The van der Waals surface area contributed by atoms with Crippen molar-refractivity contribution in [2.45, 2.75) is 26.2 Å². The quantitative estimate of drug-likeness (QED) is 0.862. The molecule has 0 radical (unpaired) electrons. The van der Waals surface area contributed by atoms with E-state index in [4.69, 9.17) is 14.4 Å². The molecule has 1 fully saturated rings. The Kier molecular flexibility index (Phi) is 4.88. The Hall–Kier alpha value is -2.41. The number of furan rings is 1. The highest BCUT2D eigenvalue weighted by atomic mass is 16.3. The van der Waals surface area contributed by atoms with Crippen molar-refractivity contribution in [1.82, 2.24) is 20.6 Å². The second kappa shape index (κ2) is 7.45. The molecule has 138 valence electrons. The van der Waals surface area contributed by atoms with Gasteiger partial charge in [0.1, 0.15) is 5.82 Å². The molecule has 2 aliphatic rings. The van der Waals surface area contributed by atoms with Gasteiger partial charge in [0.25, 0.3) is 0 Å². The van der Waals surface area contributed by atoms with Crippen molar-refractivity contribution < 1.29 is 9.21 Å². The second-order valence-corrected chi connectivity index (χ2v) is 6.85. The summed E-state index contributed by atoms with van der Waals surface area (Å²) in [5.41, 5.74) is 2.30. The van der Waals surface area contributed by atoms with E-state index in [9.17, 15) is 4.79 Å². The third-order valence-corrected chi connectivity index (χ3v) is 5.11. The average Bonchev–Trinajstić information content (AvgIpc) is 3.29. The van der Waals surface area contributed by atoms with Gasteiger partial charge in [0.2, 0.25) is 5.91 Å². The maximum atomic E-state index is 12.2. The first-order valence-electron chi connectivity index (χ1n) is 9.43. The molecule has 2 aromatic rings. The predicted molar refractivity (Wildman–Crippen MR) is 99.0 cm³/mol. The molecule has 2 N–H and O–H groups in total. The smallest absolute Gasteiger partial charge is 0.224 e. The van der Waals surface area contributed by atoms with Crippen molar-refractivity contribution in [1.29, 1.82) is 0 Å². The Morgan fingerprint density at radius 2 is 2.27 bits per heavy atom. The van der Waals surface area contributed by atoms with E-state index in [1.165, 1.54) is 5.56 Å². The molecule has 7 nitrogen and oxygen atoms in total. The third-order valence-electron chi connectivity index (χ3n) is 5.11. The zero-order valence-electron chi connectivity index (χ0n) is 15.1. The molecular formula is C19H25N5O2. The fraction of sp³-hybridized carbons (Fsp3) is 0.526. The number of hydrogen-bond acceptors (Lipinski definition) is 6. The van der Waals surface area contributed by atoms with E-state index >= 15 is 0 Å². The Morgan fingerprint density at radius 3 is 3.08 bits per heavy atom. The highest BCUT2D eigenvalue weighted by molar-refractivity contribution is 5.80. The van der Waals surface area contributed by atoms with Gasteiger partial charge >= 0.3 is 0 Å². The van der Waals surface area contributed by atoms with Gasteiger partial charge in [-0.15, -0.1) is 0 Å². The van der Waals surface area contributed by atoms with Gasteiger partial charge in [-0.3, -0.25) is 4.79 Å². The predicted octanol–water partition coefficient (Wildman–Crippen LogP) is 1.39. The fourth-order valence-electron chi connectivity index (χ4n) is 3.79. The summed E-state index contributed by atoms with van der Waals surface area (Å²) in [5.74, 6) is 2.45. The van der Waals surface area contributed by atoms with Crippen LogP contribution < -0.4 is 15.5 Å². The minimum atomic E-state index is 0.0246. The third kappa shape index (κ3) is 3.31. The van der Waals surface area contributed by atoms with Crippen LogP contribution in [0.15, 0.2) is 22.8 Å². The molecule has 1 saturated heterocycles. The second-order valence-electron chi connectivity index (χ2n) is 6.85. The van der Waals surface area contributed by atoms with Crippen LogP contribution in [0.3, 0.4) is 0 Å². The van der Waals surface area contributed by atoms with Crippen LogP contribution in [-0.2, 0) is 17.6 Å². The molecule has 4 heterocycles. The molecule has 0 aromatic carbocycles. The van der Waals surface area contributed by atoms with Crippen LogP contribution in [0.1, 0.15) is 24.6 Å². The van der Waals surface area contributed by atoms with E-state index in [2.05, 4.69) is 15.5 Å². The minimum Gasteiger partial charge on any atom is -0.461 e. The number of nitrogens with zero attached hydrogens (tertiary/aromatic N) is 3. The monoisotopic (exact) mass is 355 g/mol. The first kappa shape index (κ1) is 17.0. The van der Waals surface area contributed by atoms with Gasteiger partial charge in [0, 0.05) is 38.2 Å². The summed E-state index contributed by atoms with van der Waals surface area (Å²) in [7, 11) is 0. The van der Waals surface area contributed by atoms with Crippen LogP contribution in [0.5, 0.6) is 0 Å². The average molecular weight is 355 g/mol. The van der Waals surface area contributed by atoms with Crippen molar-refractivity contribution in [3.05, 3.63) is 29.7 Å². The fourth-order valence-corrected chi connectivity index (χ4v) is 3.79. The molecule has 1 atom stereocenters. The highest BCUT2D eigenvalue weighted by Gasteiger charge is 2.31. The van der Waals surface area contributed by atoms with Crippen LogP contribution in [0.2, 0.25) is 0 Å². The van der Waals surface area contributed by atoms with Crippen molar-refractivity contribution in [2.24, 2.45) is 5.92 Å². The van der Waals surface area contributed by atoms with Gasteiger partial charge in [0.05, 0.1) is 17.9 Å². The van der Waals surface area contributed by atoms with Gasteiger partial charge in [0.15, 0.2) is 11.6 Å². The first-order valence-corrected chi connectivity index (χ1v) is 9.43. The summed E-state index contributed by atoms with van der Waals surface area (Å²) in [4.78, 5) is 24.1. The maximum Gasteiger partial charge on any atom is 0.224 e. The molecule has 4 rings (SSSR count). The number of carbonyl (C=O) groups is 1. The van der Waals surface area contributed by atoms with Crippen molar-refractivity contribution in [3.63, 3.8) is 0 Å². The lowest BCUT2D eigenvalue weighted by molar-refractivity contribution is -0.124. The number of anilines is 1. The lowest BCUT2D eigenvalue weighted by Crippen LogP contribution is -2.33. The number of aromatic nitrogens is 2. The number of amides is 1. The van der Waals surface area contributed by atoms with Crippen molar-refractivity contribution in [3.8, 4) is 11.6 Å². The zero-order chi connectivity index (χ0) is 17.9. The van der Waals surface area contributed by atoms with Crippen LogP contribution >= 0.6 is 0 Å². The van der Waals surface area contributed by atoms with E-state index in [-0.39, 0.29) is 11.8 Å². The summed E-state index contributed by atoms with van der Waals surface area (Å²) >= 11 is 0. The first-order chi connectivity index (χ1) is 12.8. The molecule has 2 aromatic heterocycles. The summed E-state index contributed by atoms with van der Waals surface area (Å²) in [5, 5.41) is 6.38. The van der Waals surface area contributed by atoms with Crippen molar-refractivity contribution in [2.75, 3.05) is 37.6 Å². The van der Waals surface area contributed by atoms with Crippen molar-refractivity contribution >= 4 is 11.7 Å². The molecule has 2 aliphatic heterocycles. The lowest BCUT2D eigenvalue weighted by atomic mass is 10.1. The summed E-state index contributed by atoms with van der Waals surface area (Å²) in [6, 6.07) is 3.74. The molecule has 0 unspecified atom stereocenters. The molecular weight excluding hydrogens is 330 g/mol. The SMILES string of the molecule is CCNC(=O)[C@@H]1CCN(c2nc(-c3ccco3)nc3c2CCNCC3)C1. The minimum absolute atomic E-state index is 0.0246. The number of fused-ring (bicyclic) bond motifs is 1. The van der Waals surface area contributed by atoms with Gasteiger partial charge in [-0.2, -0.15) is 0 Å². The number of hydrogen-bond donors (Lipinski definition) is 2. The molecule has 0 bridgehead atoms. The van der Waals surface area contributed by atoms with Gasteiger partial charge in [-0.25, -0.2) is 9.97 Å². The lowest BCUT2D eigenvalue weighted by Gasteiger charge is -2.22. The number of carbonyl (C=O) groups excluding carboxylic acids is 1. The topological polar surface area (TPSA) is 83.3 Å². The molecule has 0 aliphatic carbocycles. The summed E-state index contributed by atoms with van der Waals surface area (Å²) < 4.78 is 5.53. The molecule has 1 amide bonds. The maximum absolute atomic E-state index is 12.2. The van der Waals surface area contributed by atoms with Crippen LogP contribution in [0.4, 0.5) is 5.82 Å². The Bertz CT molecular complexity index is 774. The normalized spacial score (nSPS) is 19.9. The van der Waals surface area contributed by atoms with E-state index in [1.54, 1.807) is 6.26 Å². The summed E-state index contributed by atoms with van der Waals surface area (Å²) in [6.07, 6.45) is 4.29. The van der Waals surface area contributed by atoms with Crippen LogP contribution in [-0.4, -0.2) is 48.6 Å². The highest BCUT2D eigenvalue weighted by Crippen LogP contribution is 2.31. The van der Waals surface area contributed by atoms with E-state index in [0.717, 1.165) is 50.4 Å². The van der Waals surface area contributed by atoms with Gasteiger partial charge in [-0.1, -0.05) is 0 Å². The Morgan fingerprint density at radius 1 is 1.38 bits per heavy atom. The molecule has 26 heavy (non-hydrogen) atoms. The molecule has 7 heteroatoms. The number of nitrogens with one attached hydrogen (secondary N) is 2. The van der Waals surface area contributed by atoms with Crippen LogP contribution in [0, 0.1) is 5.92 Å². The van der Waals surface area contributed by atoms with E-state index in [1.807, 2.05) is 19.1 Å².